The van der Waals surface area contributed by atoms with E-state index >= 15 is 0 Å². The van der Waals surface area contributed by atoms with E-state index in [2.05, 4.69) is 10.3 Å². The molecule has 3 aliphatic rings. The van der Waals surface area contributed by atoms with Crippen LogP contribution in [0.4, 0.5) is 14.5 Å². The minimum Gasteiger partial charge on any atom is -0.481 e. The number of nitrogens with zero attached hydrogens (tertiary/aromatic N) is 3. The summed E-state index contributed by atoms with van der Waals surface area (Å²) in [5.41, 5.74) is 1.94. The Labute approximate surface area is 243 Å². The van der Waals surface area contributed by atoms with Gasteiger partial charge in [-0.1, -0.05) is 18.6 Å². The summed E-state index contributed by atoms with van der Waals surface area (Å²) in [6.07, 6.45) is -0.0129. The van der Waals surface area contributed by atoms with E-state index in [0.717, 1.165) is 11.3 Å². The molecule has 1 aromatic heterocycles. The highest BCUT2D eigenvalue weighted by molar-refractivity contribution is 7.92. The fourth-order valence-corrected chi connectivity index (χ4v) is 8.44. The summed E-state index contributed by atoms with van der Waals surface area (Å²) in [6, 6.07) is 11.6. The summed E-state index contributed by atoms with van der Waals surface area (Å²) in [5, 5.41) is 13.1. The number of carboxylic acids is 1. The maximum Gasteiger partial charge on any atom is 0.307 e. The molecule has 42 heavy (non-hydrogen) atoms. The number of hydrogen-bond acceptors (Lipinski definition) is 5. The van der Waals surface area contributed by atoms with Crippen molar-refractivity contribution in [1.29, 1.82) is 0 Å². The molecule has 9 nitrogen and oxygen atoms in total. The number of carbonyl (C=O) groups is 2. The summed E-state index contributed by atoms with van der Waals surface area (Å²) in [4.78, 5) is 30.3. The molecule has 6 atom stereocenters. The Morgan fingerprint density at radius 2 is 1.86 bits per heavy atom. The molecule has 1 amide bonds. The molecule has 0 saturated heterocycles. The molecule has 3 aliphatic carbocycles. The summed E-state index contributed by atoms with van der Waals surface area (Å²) in [5.74, 6) is -3.78. The van der Waals surface area contributed by atoms with Crippen molar-refractivity contribution in [3.05, 3.63) is 53.9 Å². The molecular formula is C30H34F2N4O5S. The van der Waals surface area contributed by atoms with Crippen molar-refractivity contribution in [2.75, 3.05) is 11.4 Å². The van der Waals surface area contributed by atoms with E-state index in [4.69, 9.17) is 0 Å². The van der Waals surface area contributed by atoms with Crippen molar-refractivity contribution in [2.24, 2.45) is 30.7 Å². The zero-order chi connectivity index (χ0) is 30.1. The molecule has 2 N–H and O–H groups in total. The molecule has 0 bridgehead atoms. The van der Waals surface area contributed by atoms with Crippen molar-refractivity contribution in [3.8, 4) is 0 Å². The summed E-state index contributed by atoms with van der Waals surface area (Å²) in [6.45, 7) is 1.85. The third-order valence-corrected chi connectivity index (χ3v) is 11.7. The number of amides is 1. The van der Waals surface area contributed by atoms with Gasteiger partial charge in [-0.25, -0.2) is 22.2 Å². The highest BCUT2D eigenvalue weighted by atomic mass is 32.2. The van der Waals surface area contributed by atoms with Crippen LogP contribution in [-0.2, 0) is 26.7 Å². The minimum atomic E-state index is -3.90. The number of sulfonamides is 1. The number of aryl methyl sites for hydroxylation is 2. The second-order valence-corrected chi connectivity index (χ2v) is 14.1. The van der Waals surface area contributed by atoms with Crippen molar-refractivity contribution in [2.45, 2.75) is 61.8 Å². The molecule has 3 unspecified atom stereocenters. The Morgan fingerprint density at radius 1 is 1.14 bits per heavy atom. The van der Waals surface area contributed by atoms with Crippen LogP contribution in [0, 0.1) is 30.6 Å². The molecule has 1 heterocycles. The van der Waals surface area contributed by atoms with Gasteiger partial charge in [-0.2, -0.15) is 0 Å². The molecule has 224 valence electrons. The van der Waals surface area contributed by atoms with Crippen LogP contribution < -0.4 is 9.62 Å². The molecule has 0 spiro atoms. The maximum atomic E-state index is 13.4. The number of aliphatic carboxylic acids is 1. The molecule has 3 aromatic rings. The lowest BCUT2D eigenvalue weighted by molar-refractivity contribution is -0.150. The fourth-order valence-electron chi connectivity index (χ4n) is 7.23. The van der Waals surface area contributed by atoms with Crippen molar-refractivity contribution < 1.29 is 31.9 Å². The fraction of sp³-hybridized carbons (Fsp3) is 0.500. The number of imidazole rings is 1. The van der Waals surface area contributed by atoms with Crippen LogP contribution in [0.5, 0.6) is 0 Å². The van der Waals surface area contributed by atoms with Gasteiger partial charge in [0.15, 0.2) is 0 Å². The Hall–Kier alpha value is -3.54. The third-order valence-electron chi connectivity index (χ3n) is 9.88. The maximum absolute atomic E-state index is 13.4. The van der Waals surface area contributed by atoms with E-state index in [1.165, 1.54) is 11.4 Å². The molecule has 12 heteroatoms. The largest absolute Gasteiger partial charge is 0.481 e. The molecule has 2 aromatic carbocycles. The average Bonchev–Trinajstić information content (AvgIpc) is 3.38. The average molecular weight is 601 g/mol. The van der Waals surface area contributed by atoms with E-state index in [9.17, 15) is 31.9 Å². The van der Waals surface area contributed by atoms with Crippen LogP contribution in [-0.4, -0.2) is 54.0 Å². The zero-order valence-corrected chi connectivity index (χ0v) is 24.4. The van der Waals surface area contributed by atoms with Crippen molar-refractivity contribution in [3.63, 3.8) is 0 Å². The quantitative estimate of drug-likeness (QED) is 0.394. The van der Waals surface area contributed by atoms with Gasteiger partial charge < -0.3 is 15.0 Å². The Kier molecular flexibility index (Phi) is 6.82. The number of carboxylic acid groups (broad SMARTS) is 1. The molecule has 0 aliphatic heterocycles. The van der Waals surface area contributed by atoms with Crippen LogP contribution in [0.15, 0.2) is 47.4 Å². The van der Waals surface area contributed by atoms with Crippen LogP contribution >= 0.6 is 0 Å². The number of alkyl halides is 2. The monoisotopic (exact) mass is 600 g/mol. The summed E-state index contributed by atoms with van der Waals surface area (Å²) in [7, 11) is -0.573. The zero-order valence-electron chi connectivity index (χ0n) is 23.6. The van der Waals surface area contributed by atoms with Crippen LogP contribution in [0.25, 0.3) is 11.0 Å². The summed E-state index contributed by atoms with van der Waals surface area (Å²) >= 11 is 0. The minimum absolute atomic E-state index is 0.107. The second-order valence-electron chi connectivity index (χ2n) is 12.1. The third kappa shape index (κ3) is 4.54. The first-order valence-corrected chi connectivity index (χ1v) is 15.6. The molecule has 3 saturated carbocycles. The van der Waals surface area contributed by atoms with Gasteiger partial charge in [0.2, 0.25) is 12.3 Å². The molecule has 6 rings (SSSR count). The van der Waals surface area contributed by atoms with Gasteiger partial charge >= 0.3 is 5.97 Å². The number of benzene rings is 2. The van der Waals surface area contributed by atoms with Crippen LogP contribution in [0.2, 0.25) is 0 Å². The topological polar surface area (TPSA) is 122 Å². The number of rotatable bonds is 8. The number of carbonyl (C=O) groups excluding carboxylic acids is 1. The number of anilines is 1. The van der Waals surface area contributed by atoms with Crippen molar-refractivity contribution >= 4 is 38.6 Å². The van der Waals surface area contributed by atoms with Gasteiger partial charge in [-0.3, -0.25) is 13.9 Å². The standard InChI is InChI=1S/C30H34F2N4O5S/c1-16-33-24-13-19(11-12-25(24)35(16)2)42(40,41)36(3)18-9-7-17(8-10-18)20-5-4-6-21(26(20)29(38)39)28(37)34-30-14-22(27(31)32)23(30)15-30/h7-13,20-23,26-27H,4-6,14-15H2,1-3H3,(H,34,37)(H,38,39)/t20-,21-,22?,23?,26-,30?/m1/s1. The van der Waals surface area contributed by atoms with E-state index in [-0.39, 0.29) is 23.1 Å². The van der Waals surface area contributed by atoms with Crippen LogP contribution in [0.3, 0.4) is 0 Å². The SMILES string of the molecule is Cc1nc2cc(S(=O)(=O)N(C)c3ccc([C@H]4CCC[C@@H](C(=O)NC56CC(C(F)F)C5C6)[C@@H]4C(=O)O)cc3)ccc2n1C. The first-order valence-electron chi connectivity index (χ1n) is 14.2. The smallest absolute Gasteiger partial charge is 0.307 e. The van der Waals surface area contributed by atoms with Gasteiger partial charge in [0.05, 0.1) is 33.5 Å². The van der Waals surface area contributed by atoms with E-state index in [0.29, 0.717) is 42.5 Å². The van der Waals surface area contributed by atoms with E-state index < -0.39 is 51.6 Å². The first kappa shape index (κ1) is 28.6. The molecular weight excluding hydrogens is 566 g/mol. The Bertz CT molecular complexity index is 1670. The highest BCUT2D eigenvalue weighted by Gasteiger charge is 2.70. The predicted octanol–water partition coefficient (Wildman–Crippen LogP) is 4.45. The predicted molar refractivity (Wildman–Crippen MR) is 152 cm³/mol. The van der Waals surface area contributed by atoms with E-state index in [1.54, 1.807) is 42.5 Å². The normalized spacial score (nSPS) is 28.7. The number of hydrogen-bond donors (Lipinski definition) is 2. The van der Waals surface area contributed by atoms with Gasteiger partial charge in [-0.15, -0.1) is 0 Å². The Balaban J connectivity index is 1.19. The molecule has 3 fully saturated rings. The number of halogens is 2. The van der Waals surface area contributed by atoms with Crippen LogP contribution in [0.1, 0.15) is 49.4 Å². The van der Waals surface area contributed by atoms with Gasteiger partial charge in [-0.05, 0) is 80.3 Å². The number of aromatic nitrogens is 2. The van der Waals surface area contributed by atoms with Crippen molar-refractivity contribution in [1.82, 2.24) is 14.9 Å². The lowest BCUT2D eigenvalue weighted by Crippen LogP contribution is -2.53. The van der Waals surface area contributed by atoms with E-state index in [1.807, 2.05) is 18.5 Å². The lowest BCUT2D eigenvalue weighted by Gasteiger charge is -2.39. The number of fused-ring (bicyclic) bond motifs is 2. The molecule has 0 radical (unpaired) electrons. The van der Waals surface area contributed by atoms with Gasteiger partial charge in [0.25, 0.3) is 10.0 Å². The van der Waals surface area contributed by atoms with Gasteiger partial charge in [0.1, 0.15) is 5.82 Å². The summed E-state index contributed by atoms with van der Waals surface area (Å²) < 4.78 is 56.1. The first-order chi connectivity index (χ1) is 19.8. The Morgan fingerprint density at radius 3 is 2.50 bits per heavy atom. The highest BCUT2D eigenvalue weighted by Crippen LogP contribution is 2.65. The second kappa shape index (κ2) is 10.0. The van der Waals surface area contributed by atoms with Gasteiger partial charge in [0, 0.05) is 25.6 Å². The lowest BCUT2D eigenvalue weighted by atomic mass is 9.68. The number of nitrogens with one attached hydrogen (secondary N) is 1.